The first-order valence-corrected chi connectivity index (χ1v) is 4.89. The molecule has 1 aliphatic rings. The molecule has 0 atom stereocenters. The molecule has 0 unspecified atom stereocenters. The number of rotatable bonds is 1. The summed E-state index contributed by atoms with van der Waals surface area (Å²) in [5.41, 5.74) is 1.54. The zero-order chi connectivity index (χ0) is 10.2. The molecule has 0 radical (unpaired) electrons. The zero-order valence-electron chi connectivity index (χ0n) is 7.77. The second-order valence-corrected chi connectivity index (χ2v) is 3.81. The maximum absolute atomic E-state index is 12.4. The summed E-state index contributed by atoms with van der Waals surface area (Å²) in [6.45, 7) is -4.83. The van der Waals surface area contributed by atoms with Gasteiger partial charge in [0.25, 0.3) is 0 Å². The molecule has 0 saturated carbocycles. The van der Waals surface area contributed by atoms with Crippen molar-refractivity contribution in [2.75, 3.05) is 0 Å². The molecule has 0 saturated heterocycles. The van der Waals surface area contributed by atoms with E-state index in [9.17, 15) is 12.9 Å². The lowest BCUT2D eigenvalue weighted by Crippen LogP contribution is -2.34. The van der Waals surface area contributed by atoms with Crippen LogP contribution in [0.15, 0.2) is 18.2 Å². The molecular weight excluding hydrogens is 188 g/mol. The minimum Gasteiger partial charge on any atom is -0.445 e. The second-order valence-electron chi connectivity index (χ2n) is 3.81. The van der Waals surface area contributed by atoms with Crippen molar-refractivity contribution in [1.29, 1.82) is 0 Å². The van der Waals surface area contributed by atoms with Crippen LogP contribution < -0.4 is 5.46 Å². The Labute approximate surface area is 81.2 Å². The standard InChI is InChI=1S/C10H11BF3/c12-11(13,14)10-6-5-8-3-1-2-4-9(8)7-10/h5-7H,1-4H2/q-1. The van der Waals surface area contributed by atoms with Crippen LogP contribution in [-0.4, -0.2) is 6.98 Å². The fraction of sp³-hybridized carbons (Fsp3) is 0.400. The third kappa shape index (κ3) is 1.79. The molecule has 0 bridgehead atoms. The van der Waals surface area contributed by atoms with Gasteiger partial charge in [0.05, 0.1) is 0 Å². The molecule has 0 aromatic heterocycles. The van der Waals surface area contributed by atoms with E-state index in [0.717, 1.165) is 36.8 Å². The second kappa shape index (κ2) is 3.33. The van der Waals surface area contributed by atoms with Crippen molar-refractivity contribution < 1.29 is 12.9 Å². The van der Waals surface area contributed by atoms with Gasteiger partial charge in [-0.3, -0.25) is 0 Å². The summed E-state index contributed by atoms with van der Waals surface area (Å²) in [5, 5.41) is 0. The Morgan fingerprint density at radius 3 is 2.21 bits per heavy atom. The van der Waals surface area contributed by atoms with Gasteiger partial charge in [-0.1, -0.05) is 18.2 Å². The van der Waals surface area contributed by atoms with Crippen molar-refractivity contribution in [3.8, 4) is 0 Å². The largest absolute Gasteiger partial charge is 0.509 e. The average Bonchev–Trinajstić information content (AvgIpc) is 2.16. The summed E-state index contributed by atoms with van der Waals surface area (Å²) >= 11 is 0. The van der Waals surface area contributed by atoms with Crippen LogP contribution >= 0.6 is 0 Å². The van der Waals surface area contributed by atoms with E-state index in [1.54, 1.807) is 6.07 Å². The fourth-order valence-electron chi connectivity index (χ4n) is 1.96. The van der Waals surface area contributed by atoms with Crippen molar-refractivity contribution >= 4 is 12.4 Å². The Balaban J connectivity index is 2.39. The average molecular weight is 199 g/mol. The van der Waals surface area contributed by atoms with Crippen molar-refractivity contribution in [3.05, 3.63) is 29.3 Å². The molecule has 4 heteroatoms. The molecule has 2 rings (SSSR count). The van der Waals surface area contributed by atoms with Crippen molar-refractivity contribution in [3.63, 3.8) is 0 Å². The molecule has 0 amide bonds. The van der Waals surface area contributed by atoms with Crippen molar-refractivity contribution in [2.24, 2.45) is 0 Å². The zero-order valence-corrected chi connectivity index (χ0v) is 7.77. The first-order chi connectivity index (χ1) is 6.57. The van der Waals surface area contributed by atoms with E-state index in [-0.39, 0.29) is 0 Å². The molecule has 1 aliphatic carbocycles. The van der Waals surface area contributed by atoms with Crippen LogP contribution in [0.25, 0.3) is 0 Å². The van der Waals surface area contributed by atoms with Crippen molar-refractivity contribution in [2.45, 2.75) is 25.7 Å². The highest BCUT2D eigenvalue weighted by Crippen LogP contribution is 2.21. The Morgan fingerprint density at radius 2 is 1.57 bits per heavy atom. The normalized spacial score (nSPS) is 16.5. The Bertz CT molecular complexity index is 344. The first-order valence-electron chi connectivity index (χ1n) is 4.89. The number of aryl methyl sites for hydroxylation is 2. The quantitative estimate of drug-likeness (QED) is 0.609. The predicted octanol–water partition coefficient (Wildman–Crippen LogP) is 2.62. The van der Waals surface area contributed by atoms with E-state index >= 15 is 0 Å². The van der Waals surface area contributed by atoms with E-state index in [0.29, 0.717) is 0 Å². The summed E-state index contributed by atoms with van der Waals surface area (Å²) in [4.78, 5) is 0. The molecule has 14 heavy (non-hydrogen) atoms. The molecule has 0 N–H and O–H groups in total. The lowest BCUT2D eigenvalue weighted by Gasteiger charge is -2.21. The minimum atomic E-state index is -4.83. The summed E-state index contributed by atoms with van der Waals surface area (Å²) in [5.74, 6) is 0. The SMILES string of the molecule is F[B-](F)(F)c1ccc2c(c1)CCCC2. The van der Waals surface area contributed by atoms with Gasteiger partial charge >= 0.3 is 6.98 Å². The smallest absolute Gasteiger partial charge is 0.445 e. The lowest BCUT2D eigenvalue weighted by molar-refractivity contribution is 0.500. The van der Waals surface area contributed by atoms with Crippen LogP contribution in [-0.2, 0) is 12.8 Å². The molecule has 0 fully saturated rings. The number of halogens is 3. The van der Waals surface area contributed by atoms with Gasteiger partial charge in [0.1, 0.15) is 0 Å². The first kappa shape index (κ1) is 9.62. The number of benzene rings is 1. The number of hydrogen-bond donors (Lipinski definition) is 0. The summed E-state index contributed by atoms with van der Waals surface area (Å²) in [6.07, 6.45) is 3.85. The van der Waals surface area contributed by atoms with E-state index < -0.39 is 12.4 Å². The van der Waals surface area contributed by atoms with Crippen LogP contribution in [0.2, 0.25) is 0 Å². The Morgan fingerprint density at radius 1 is 0.929 bits per heavy atom. The monoisotopic (exact) mass is 199 g/mol. The topological polar surface area (TPSA) is 0 Å². The van der Waals surface area contributed by atoms with Crippen LogP contribution in [0, 0.1) is 0 Å². The van der Waals surface area contributed by atoms with E-state index in [1.807, 2.05) is 0 Å². The van der Waals surface area contributed by atoms with Gasteiger partial charge < -0.3 is 12.9 Å². The Hall–Kier alpha value is -0.925. The number of fused-ring (bicyclic) bond motifs is 1. The van der Waals surface area contributed by atoms with Crippen LogP contribution in [0.1, 0.15) is 24.0 Å². The van der Waals surface area contributed by atoms with E-state index in [4.69, 9.17) is 0 Å². The van der Waals surface area contributed by atoms with Gasteiger partial charge in [0.15, 0.2) is 0 Å². The molecule has 76 valence electrons. The molecule has 0 spiro atoms. The van der Waals surface area contributed by atoms with Crippen molar-refractivity contribution in [1.82, 2.24) is 0 Å². The third-order valence-electron chi connectivity index (χ3n) is 2.75. The van der Waals surface area contributed by atoms with Crippen LogP contribution in [0.4, 0.5) is 12.9 Å². The molecule has 0 heterocycles. The van der Waals surface area contributed by atoms with E-state index in [1.165, 1.54) is 12.1 Å². The summed E-state index contributed by atoms with van der Waals surface area (Å²) < 4.78 is 37.3. The maximum Gasteiger partial charge on any atom is 0.509 e. The van der Waals surface area contributed by atoms with Gasteiger partial charge in [-0.15, -0.1) is 5.46 Å². The highest BCUT2D eigenvalue weighted by atomic mass is 19.4. The summed E-state index contributed by atoms with van der Waals surface area (Å²) in [6, 6.07) is 4.18. The van der Waals surface area contributed by atoms with Gasteiger partial charge in [-0.25, -0.2) is 0 Å². The van der Waals surface area contributed by atoms with Crippen LogP contribution in [0.3, 0.4) is 0 Å². The van der Waals surface area contributed by atoms with Gasteiger partial charge in [0, 0.05) is 0 Å². The van der Waals surface area contributed by atoms with E-state index in [2.05, 4.69) is 0 Å². The lowest BCUT2D eigenvalue weighted by atomic mass is 9.77. The predicted molar refractivity (Wildman–Crippen MR) is 51.8 cm³/mol. The van der Waals surface area contributed by atoms with Gasteiger partial charge in [-0.05, 0) is 36.8 Å². The Kier molecular flexibility index (Phi) is 2.29. The molecule has 1 aromatic rings. The number of hydrogen-bond acceptors (Lipinski definition) is 0. The minimum absolute atomic E-state index is 0.453. The fourth-order valence-corrected chi connectivity index (χ4v) is 1.96. The third-order valence-corrected chi connectivity index (χ3v) is 2.75. The van der Waals surface area contributed by atoms with Gasteiger partial charge in [0.2, 0.25) is 0 Å². The molecule has 1 aromatic carbocycles. The molecule has 0 aliphatic heterocycles. The highest BCUT2D eigenvalue weighted by molar-refractivity contribution is 6.73. The maximum atomic E-state index is 12.4. The van der Waals surface area contributed by atoms with Crippen LogP contribution in [0.5, 0.6) is 0 Å². The highest BCUT2D eigenvalue weighted by Gasteiger charge is 2.26. The summed E-state index contributed by atoms with van der Waals surface area (Å²) in [7, 11) is 0. The van der Waals surface area contributed by atoms with Gasteiger partial charge in [-0.2, -0.15) is 0 Å². The molecular formula is C10H11BF3-. The molecule has 0 nitrogen and oxygen atoms in total.